The molecule has 0 fully saturated rings. The molecule has 0 aliphatic rings. The van der Waals surface area contributed by atoms with Crippen molar-refractivity contribution in [1.82, 2.24) is 0 Å². The summed E-state index contributed by atoms with van der Waals surface area (Å²) in [5.41, 5.74) is 0. The number of hydrogen-bond acceptors (Lipinski definition) is 4. The van der Waals surface area contributed by atoms with E-state index < -0.39 is 11.6 Å². The van der Waals surface area contributed by atoms with Gasteiger partial charge in [-0.25, -0.2) is 8.78 Å². The SMILES string of the molecule is O=C(/C=C/c1ccc(COc2ccc(F)cc2F)o1)c1cc(Br)cs1. The predicted molar refractivity (Wildman–Crippen MR) is 94.8 cm³/mol. The lowest BCUT2D eigenvalue weighted by molar-refractivity contribution is 0.105. The second-order valence-electron chi connectivity index (χ2n) is 4.99. The number of furan rings is 1. The van der Waals surface area contributed by atoms with Gasteiger partial charge in [-0.3, -0.25) is 4.79 Å². The van der Waals surface area contributed by atoms with Gasteiger partial charge in [0.05, 0.1) is 4.88 Å². The van der Waals surface area contributed by atoms with Crippen molar-refractivity contribution < 1.29 is 22.7 Å². The molecule has 0 spiro atoms. The minimum absolute atomic E-state index is 0.0117. The van der Waals surface area contributed by atoms with Crippen LogP contribution in [-0.2, 0) is 6.61 Å². The van der Waals surface area contributed by atoms with Crippen molar-refractivity contribution in [3.63, 3.8) is 0 Å². The molecule has 0 amide bonds. The van der Waals surface area contributed by atoms with Crippen LogP contribution in [0.15, 0.2) is 56.7 Å². The minimum Gasteiger partial charge on any atom is -0.483 e. The number of allylic oxidation sites excluding steroid dienone is 1. The van der Waals surface area contributed by atoms with Crippen molar-refractivity contribution in [2.24, 2.45) is 0 Å². The summed E-state index contributed by atoms with van der Waals surface area (Å²) < 4.78 is 37.9. The Hall–Kier alpha value is -2.25. The van der Waals surface area contributed by atoms with Crippen molar-refractivity contribution in [3.05, 3.63) is 80.4 Å². The molecular weight excluding hydrogens is 414 g/mol. The van der Waals surface area contributed by atoms with E-state index in [1.807, 2.05) is 5.38 Å². The molecule has 3 nitrogen and oxygen atoms in total. The zero-order valence-corrected chi connectivity index (χ0v) is 15.1. The fraction of sp³-hybridized carbons (Fsp3) is 0.0556. The van der Waals surface area contributed by atoms with Crippen LogP contribution < -0.4 is 4.74 Å². The van der Waals surface area contributed by atoms with Crippen molar-refractivity contribution in [2.75, 3.05) is 0 Å². The third-order valence-electron chi connectivity index (χ3n) is 3.16. The molecule has 2 aromatic heterocycles. The molecule has 0 saturated heterocycles. The van der Waals surface area contributed by atoms with Gasteiger partial charge in [0.2, 0.25) is 0 Å². The molecule has 3 aromatic rings. The fourth-order valence-corrected chi connectivity index (χ4v) is 3.33. The van der Waals surface area contributed by atoms with Crippen molar-refractivity contribution in [1.29, 1.82) is 0 Å². The molecule has 128 valence electrons. The van der Waals surface area contributed by atoms with Crippen LogP contribution in [0.5, 0.6) is 5.75 Å². The molecule has 0 unspecified atom stereocenters. The van der Waals surface area contributed by atoms with Crippen molar-refractivity contribution in [2.45, 2.75) is 6.61 Å². The monoisotopic (exact) mass is 424 g/mol. The maximum atomic E-state index is 13.5. The Morgan fingerprint density at radius 1 is 1.24 bits per heavy atom. The van der Waals surface area contributed by atoms with E-state index in [9.17, 15) is 13.6 Å². The fourth-order valence-electron chi connectivity index (χ4n) is 1.99. The molecule has 0 saturated carbocycles. The number of ketones is 1. The zero-order chi connectivity index (χ0) is 17.8. The summed E-state index contributed by atoms with van der Waals surface area (Å²) in [7, 11) is 0. The van der Waals surface area contributed by atoms with E-state index in [0.717, 1.165) is 16.6 Å². The maximum absolute atomic E-state index is 13.5. The van der Waals surface area contributed by atoms with Gasteiger partial charge in [-0.2, -0.15) is 0 Å². The Labute approximate surface area is 154 Å². The van der Waals surface area contributed by atoms with Crippen LogP contribution in [0.1, 0.15) is 21.2 Å². The molecule has 1 aromatic carbocycles. The van der Waals surface area contributed by atoms with Crippen LogP contribution in [0.3, 0.4) is 0 Å². The summed E-state index contributed by atoms with van der Waals surface area (Å²) in [5, 5.41) is 1.83. The molecule has 0 atom stereocenters. The van der Waals surface area contributed by atoms with Crippen LogP contribution in [0.2, 0.25) is 0 Å². The smallest absolute Gasteiger partial charge is 0.195 e. The lowest BCUT2D eigenvalue weighted by atomic mass is 10.3. The molecule has 0 N–H and O–H groups in total. The highest BCUT2D eigenvalue weighted by Gasteiger charge is 2.08. The second kappa shape index (κ2) is 7.76. The third-order valence-corrected chi connectivity index (χ3v) is 4.86. The average Bonchev–Trinajstić information content (AvgIpc) is 3.21. The molecule has 0 radical (unpaired) electrons. The molecule has 0 aliphatic heterocycles. The molecule has 7 heteroatoms. The first-order valence-electron chi connectivity index (χ1n) is 7.14. The van der Waals surface area contributed by atoms with Crippen LogP contribution in [0.4, 0.5) is 8.78 Å². The minimum atomic E-state index is -0.778. The number of carbonyl (C=O) groups is 1. The molecular formula is C18H11BrF2O3S. The summed E-state index contributed by atoms with van der Waals surface area (Å²) in [6.07, 6.45) is 2.97. The van der Waals surface area contributed by atoms with Crippen molar-refractivity contribution in [3.8, 4) is 5.75 Å². The number of benzene rings is 1. The maximum Gasteiger partial charge on any atom is 0.195 e. The van der Waals surface area contributed by atoms with Gasteiger partial charge in [0.1, 0.15) is 23.9 Å². The van der Waals surface area contributed by atoms with E-state index in [1.165, 1.54) is 23.5 Å². The van der Waals surface area contributed by atoms with Crippen molar-refractivity contribution >= 4 is 39.1 Å². The summed E-state index contributed by atoms with van der Waals surface area (Å²) in [6.45, 7) is -0.0117. The highest BCUT2D eigenvalue weighted by Crippen LogP contribution is 2.22. The number of ether oxygens (including phenoxy) is 1. The standard InChI is InChI=1S/C18H11BrF2O3S/c19-11-7-18(25-10-11)16(22)5-4-13-2-3-14(24-13)9-23-17-6-1-12(20)8-15(17)21/h1-8,10H,9H2/b5-4+. The lowest BCUT2D eigenvalue weighted by Gasteiger charge is -2.05. The summed E-state index contributed by atoms with van der Waals surface area (Å²) in [5.74, 6) is -0.708. The van der Waals surface area contributed by atoms with E-state index in [2.05, 4.69) is 15.9 Å². The number of hydrogen-bond donors (Lipinski definition) is 0. The normalized spacial score (nSPS) is 11.2. The quantitative estimate of drug-likeness (QED) is 0.367. The van der Waals surface area contributed by atoms with Crippen LogP contribution in [0.25, 0.3) is 6.08 Å². The summed E-state index contributed by atoms with van der Waals surface area (Å²) in [4.78, 5) is 12.6. The van der Waals surface area contributed by atoms with Gasteiger partial charge in [-0.05, 0) is 58.4 Å². The Morgan fingerprint density at radius 2 is 2.08 bits per heavy atom. The number of carbonyl (C=O) groups excluding carboxylic acids is 1. The van der Waals surface area contributed by atoms with E-state index in [1.54, 1.807) is 24.3 Å². The lowest BCUT2D eigenvalue weighted by Crippen LogP contribution is -1.96. The highest BCUT2D eigenvalue weighted by atomic mass is 79.9. The third kappa shape index (κ3) is 4.64. The van der Waals surface area contributed by atoms with Crippen LogP contribution >= 0.6 is 27.3 Å². The van der Waals surface area contributed by atoms with Gasteiger partial charge in [-0.1, -0.05) is 0 Å². The Morgan fingerprint density at radius 3 is 2.80 bits per heavy atom. The molecule has 3 rings (SSSR count). The van der Waals surface area contributed by atoms with Gasteiger partial charge in [0.25, 0.3) is 0 Å². The molecule has 25 heavy (non-hydrogen) atoms. The number of rotatable bonds is 6. The number of halogens is 3. The van der Waals surface area contributed by atoms with Gasteiger partial charge in [0.15, 0.2) is 17.3 Å². The Kier molecular flexibility index (Phi) is 5.45. The molecule has 0 aliphatic carbocycles. The van der Waals surface area contributed by atoms with Crippen LogP contribution in [0, 0.1) is 11.6 Å². The van der Waals surface area contributed by atoms with E-state index in [0.29, 0.717) is 16.4 Å². The summed E-state index contributed by atoms with van der Waals surface area (Å²) >= 11 is 4.65. The van der Waals surface area contributed by atoms with E-state index in [-0.39, 0.29) is 18.1 Å². The van der Waals surface area contributed by atoms with Gasteiger partial charge in [-0.15, -0.1) is 11.3 Å². The first-order chi connectivity index (χ1) is 12.0. The Bertz CT molecular complexity index is 930. The molecule has 2 heterocycles. The van der Waals surface area contributed by atoms with E-state index in [4.69, 9.17) is 9.15 Å². The van der Waals surface area contributed by atoms with Gasteiger partial charge < -0.3 is 9.15 Å². The first-order valence-corrected chi connectivity index (χ1v) is 8.81. The van der Waals surface area contributed by atoms with Gasteiger partial charge in [0, 0.05) is 15.9 Å². The predicted octanol–water partition coefficient (Wildman–Crippen LogP) is 5.86. The topological polar surface area (TPSA) is 39.4 Å². The summed E-state index contributed by atoms with van der Waals surface area (Å²) in [6, 6.07) is 8.16. The van der Waals surface area contributed by atoms with E-state index >= 15 is 0 Å². The Balaban J connectivity index is 1.60. The van der Waals surface area contributed by atoms with Crippen LogP contribution in [-0.4, -0.2) is 5.78 Å². The first kappa shape index (κ1) is 17.6. The highest BCUT2D eigenvalue weighted by molar-refractivity contribution is 9.10. The number of thiophene rings is 1. The average molecular weight is 425 g/mol. The second-order valence-corrected chi connectivity index (χ2v) is 6.82. The zero-order valence-electron chi connectivity index (χ0n) is 12.7. The largest absolute Gasteiger partial charge is 0.483 e. The molecule has 0 bridgehead atoms. The van der Waals surface area contributed by atoms with Gasteiger partial charge >= 0.3 is 0 Å².